The maximum absolute atomic E-state index is 13.1. The molecule has 2 amide bonds. The Morgan fingerprint density at radius 1 is 1.16 bits per heavy atom. The van der Waals surface area contributed by atoms with E-state index in [0.717, 1.165) is 12.5 Å². The summed E-state index contributed by atoms with van der Waals surface area (Å²) >= 11 is 0. The largest absolute Gasteiger partial charge is 0.445 e. The van der Waals surface area contributed by atoms with Gasteiger partial charge in [0.05, 0.1) is 6.04 Å². The van der Waals surface area contributed by atoms with Crippen molar-refractivity contribution in [1.29, 1.82) is 0 Å². The number of hydrogen-bond donors (Lipinski definition) is 2. The summed E-state index contributed by atoms with van der Waals surface area (Å²) in [5.74, 6) is 2.16. The Kier molecular flexibility index (Phi) is 6.93. The number of nitrogens with one attached hydrogen (secondary N) is 1. The van der Waals surface area contributed by atoms with E-state index < -0.39 is 41.9 Å². The molecular formula is C21H22N4O6. The van der Waals surface area contributed by atoms with Crippen molar-refractivity contribution in [2.45, 2.75) is 32.2 Å². The molecule has 0 bridgehead atoms. The van der Waals surface area contributed by atoms with Crippen molar-refractivity contribution < 1.29 is 28.7 Å². The zero-order valence-electron chi connectivity index (χ0n) is 16.8. The van der Waals surface area contributed by atoms with Crippen molar-refractivity contribution in [1.82, 2.24) is 15.3 Å². The molecular weight excluding hydrogens is 404 g/mol. The molecule has 1 saturated heterocycles. The zero-order chi connectivity index (χ0) is 22.4. The SMILES string of the molecule is CC(=O)O[C@H]1[C@@H](C(=O)[C@H](Cc2ccccn2)NC(=O)OCc2ccccc2)C(=O)N1N. The summed E-state index contributed by atoms with van der Waals surface area (Å²) < 4.78 is 10.2. The van der Waals surface area contributed by atoms with Gasteiger partial charge in [-0.3, -0.25) is 19.4 Å². The fourth-order valence-electron chi connectivity index (χ4n) is 3.12. The molecule has 2 aromatic rings. The summed E-state index contributed by atoms with van der Waals surface area (Å²) in [6.45, 7) is 1.15. The first-order chi connectivity index (χ1) is 14.9. The first kappa shape index (κ1) is 21.9. The maximum Gasteiger partial charge on any atom is 0.408 e. The molecule has 31 heavy (non-hydrogen) atoms. The van der Waals surface area contributed by atoms with Crippen LogP contribution in [0.2, 0.25) is 0 Å². The summed E-state index contributed by atoms with van der Waals surface area (Å²) in [6, 6.07) is 13.0. The van der Waals surface area contributed by atoms with E-state index in [4.69, 9.17) is 15.3 Å². The zero-order valence-corrected chi connectivity index (χ0v) is 16.8. The number of hydrazine groups is 1. The lowest BCUT2D eigenvalue weighted by atomic mass is 9.87. The van der Waals surface area contributed by atoms with Gasteiger partial charge in [0.2, 0.25) is 6.23 Å². The molecule has 0 aliphatic carbocycles. The van der Waals surface area contributed by atoms with Gasteiger partial charge >= 0.3 is 12.1 Å². The Morgan fingerprint density at radius 3 is 2.52 bits per heavy atom. The van der Waals surface area contributed by atoms with E-state index in [1.165, 1.54) is 0 Å². The number of pyridine rings is 1. The van der Waals surface area contributed by atoms with Gasteiger partial charge in [-0.15, -0.1) is 0 Å². The first-order valence-electron chi connectivity index (χ1n) is 9.52. The first-order valence-corrected chi connectivity index (χ1v) is 9.52. The van der Waals surface area contributed by atoms with E-state index in [1.807, 2.05) is 6.07 Å². The highest BCUT2D eigenvalue weighted by atomic mass is 16.6. The molecule has 3 N–H and O–H groups in total. The molecule has 3 atom stereocenters. The molecule has 1 aliphatic rings. The fourth-order valence-corrected chi connectivity index (χ4v) is 3.12. The number of esters is 1. The number of nitrogens with two attached hydrogens (primary N) is 1. The van der Waals surface area contributed by atoms with Gasteiger partial charge in [0.1, 0.15) is 6.61 Å². The number of rotatable bonds is 8. The Balaban J connectivity index is 1.72. The van der Waals surface area contributed by atoms with Gasteiger partial charge in [-0.2, -0.15) is 0 Å². The molecule has 1 aromatic heterocycles. The minimum atomic E-state index is -1.32. The van der Waals surface area contributed by atoms with E-state index in [2.05, 4.69) is 10.3 Å². The molecule has 0 spiro atoms. The van der Waals surface area contributed by atoms with Crippen LogP contribution in [0.5, 0.6) is 0 Å². The van der Waals surface area contributed by atoms with Crippen molar-refractivity contribution in [3.05, 3.63) is 66.0 Å². The Bertz CT molecular complexity index is 953. The second-order valence-corrected chi connectivity index (χ2v) is 6.91. The number of carbonyl (C=O) groups is 4. The number of hydrogen-bond acceptors (Lipinski definition) is 8. The van der Waals surface area contributed by atoms with Crippen molar-refractivity contribution >= 4 is 23.8 Å². The summed E-state index contributed by atoms with van der Waals surface area (Å²) in [5, 5.41) is 3.17. The number of Topliss-reactive ketones (excluding diaryl/α,β-unsaturated/α-hetero) is 1. The van der Waals surface area contributed by atoms with E-state index >= 15 is 0 Å². The van der Waals surface area contributed by atoms with Crippen LogP contribution in [0.25, 0.3) is 0 Å². The molecule has 162 valence electrons. The summed E-state index contributed by atoms with van der Waals surface area (Å²) in [5.41, 5.74) is 1.29. The fraction of sp³-hybridized carbons (Fsp3) is 0.286. The highest BCUT2D eigenvalue weighted by molar-refractivity contribution is 6.08. The number of β-lactam (4-membered cyclic amide) rings is 1. The van der Waals surface area contributed by atoms with E-state index in [1.54, 1.807) is 48.7 Å². The number of amides is 2. The Hall–Kier alpha value is -3.79. The highest BCUT2D eigenvalue weighted by Crippen LogP contribution is 2.27. The van der Waals surface area contributed by atoms with Gasteiger partial charge < -0.3 is 14.8 Å². The third-order valence-electron chi connectivity index (χ3n) is 4.66. The van der Waals surface area contributed by atoms with Crippen LogP contribution in [0.15, 0.2) is 54.7 Å². The van der Waals surface area contributed by atoms with Crippen LogP contribution in [0.3, 0.4) is 0 Å². The lowest BCUT2D eigenvalue weighted by Gasteiger charge is -2.42. The third-order valence-corrected chi connectivity index (χ3v) is 4.66. The van der Waals surface area contributed by atoms with Crippen LogP contribution in [-0.2, 0) is 36.9 Å². The predicted molar refractivity (Wildman–Crippen MR) is 107 cm³/mol. The molecule has 1 aliphatic heterocycles. The van der Waals surface area contributed by atoms with Crippen LogP contribution in [0.1, 0.15) is 18.2 Å². The minimum absolute atomic E-state index is 0.00613. The molecule has 0 radical (unpaired) electrons. The maximum atomic E-state index is 13.1. The molecule has 10 heteroatoms. The molecule has 3 rings (SSSR count). The standard InChI is InChI=1S/C21H22N4O6/c1-13(26)31-20-17(19(28)25(20)22)18(27)16(11-15-9-5-6-10-23-15)24-21(29)30-12-14-7-3-2-4-8-14/h2-10,16-17,20H,11-12,22H2,1H3,(H,24,29)/t16-,17-,20-/m0/s1. The average Bonchev–Trinajstić information content (AvgIpc) is 2.77. The number of ketones is 1. The van der Waals surface area contributed by atoms with E-state index in [9.17, 15) is 19.2 Å². The molecule has 2 heterocycles. The molecule has 0 saturated carbocycles. The predicted octanol–water partition coefficient (Wildman–Crippen LogP) is 0.710. The van der Waals surface area contributed by atoms with E-state index in [0.29, 0.717) is 10.7 Å². The van der Waals surface area contributed by atoms with Crippen molar-refractivity contribution in [3.8, 4) is 0 Å². The summed E-state index contributed by atoms with van der Waals surface area (Å²) in [6.07, 6.45) is -0.506. The van der Waals surface area contributed by atoms with Crippen LogP contribution in [-0.4, -0.2) is 46.0 Å². The van der Waals surface area contributed by atoms with Crippen molar-refractivity contribution in [2.75, 3.05) is 0 Å². The lowest BCUT2D eigenvalue weighted by Crippen LogP contribution is -2.70. The van der Waals surface area contributed by atoms with Crippen molar-refractivity contribution in [2.24, 2.45) is 11.8 Å². The number of aromatic nitrogens is 1. The number of alkyl carbamates (subject to hydrolysis) is 1. The molecule has 1 fully saturated rings. The normalized spacial score (nSPS) is 18.5. The topological polar surface area (TPSA) is 141 Å². The average molecular weight is 426 g/mol. The molecule has 0 unspecified atom stereocenters. The smallest absolute Gasteiger partial charge is 0.408 e. The van der Waals surface area contributed by atoms with Crippen LogP contribution < -0.4 is 11.2 Å². The summed E-state index contributed by atoms with van der Waals surface area (Å²) in [4.78, 5) is 53.1. The number of carbonyl (C=O) groups excluding carboxylic acids is 4. The molecule has 10 nitrogen and oxygen atoms in total. The monoisotopic (exact) mass is 426 g/mol. The van der Waals surface area contributed by atoms with Gasteiger partial charge in [0, 0.05) is 25.2 Å². The summed E-state index contributed by atoms with van der Waals surface area (Å²) in [7, 11) is 0. The Labute approximate surface area is 178 Å². The van der Waals surface area contributed by atoms with Gasteiger partial charge in [-0.1, -0.05) is 36.4 Å². The van der Waals surface area contributed by atoms with E-state index in [-0.39, 0.29) is 13.0 Å². The van der Waals surface area contributed by atoms with Gasteiger partial charge in [-0.25, -0.2) is 15.6 Å². The second kappa shape index (κ2) is 9.81. The van der Waals surface area contributed by atoms with Gasteiger partial charge in [-0.05, 0) is 17.7 Å². The number of nitrogens with zero attached hydrogens (tertiary/aromatic N) is 2. The second-order valence-electron chi connectivity index (χ2n) is 6.91. The van der Waals surface area contributed by atoms with Crippen LogP contribution in [0, 0.1) is 5.92 Å². The lowest BCUT2D eigenvalue weighted by molar-refractivity contribution is -0.198. The quantitative estimate of drug-likeness (QED) is 0.207. The van der Waals surface area contributed by atoms with Crippen molar-refractivity contribution in [3.63, 3.8) is 0 Å². The minimum Gasteiger partial charge on any atom is -0.445 e. The number of benzene rings is 1. The number of ether oxygens (including phenoxy) is 2. The molecule has 1 aromatic carbocycles. The van der Waals surface area contributed by atoms with Crippen LogP contribution >= 0.6 is 0 Å². The third kappa shape index (κ3) is 5.43. The van der Waals surface area contributed by atoms with Gasteiger partial charge in [0.25, 0.3) is 5.91 Å². The van der Waals surface area contributed by atoms with Crippen LogP contribution in [0.4, 0.5) is 4.79 Å². The van der Waals surface area contributed by atoms with Gasteiger partial charge in [0.15, 0.2) is 11.7 Å². The highest BCUT2D eigenvalue weighted by Gasteiger charge is 2.54. The Morgan fingerprint density at radius 2 is 1.87 bits per heavy atom.